The molecule has 0 saturated carbocycles. The Hall–Kier alpha value is -2.11. The van der Waals surface area contributed by atoms with E-state index in [1.807, 2.05) is 0 Å². The number of nitrogens with zero attached hydrogens (tertiary/aromatic N) is 1. The highest BCUT2D eigenvalue weighted by Gasteiger charge is 2.12. The van der Waals surface area contributed by atoms with Crippen LogP contribution in [0.25, 0.3) is 0 Å². The summed E-state index contributed by atoms with van der Waals surface area (Å²) in [4.78, 5) is 22.8. The quantitative estimate of drug-likeness (QED) is 0.774. The lowest BCUT2D eigenvalue weighted by Gasteiger charge is -2.16. The van der Waals surface area contributed by atoms with Crippen molar-refractivity contribution in [2.24, 2.45) is 0 Å². The Kier molecular flexibility index (Phi) is 5.10. The van der Waals surface area contributed by atoms with Crippen molar-refractivity contribution in [2.45, 2.75) is 6.42 Å². The molecule has 0 radical (unpaired) electrons. The molecule has 1 N–H and O–H groups in total. The van der Waals surface area contributed by atoms with Crippen LogP contribution in [0.1, 0.15) is 6.42 Å². The van der Waals surface area contributed by atoms with Gasteiger partial charge < -0.3 is 14.7 Å². The van der Waals surface area contributed by atoms with Crippen molar-refractivity contribution in [3.63, 3.8) is 0 Å². The third kappa shape index (κ3) is 4.40. The molecule has 0 heterocycles. The SMILES string of the molecule is CN(CCOc1ccccc1F)C(=O)CC(=O)O. The minimum absolute atomic E-state index is 0.1000. The molecule has 6 heteroatoms. The normalized spacial score (nSPS) is 9.89. The van der Waals surface area contributed by atoms with Crippen LogP contribution in [-0.4, -0.2) is 42.1 Å². The number of benzene rings is 1. The standard InChI is InChI=1S/C12H14FNO4/c1-14(11(15)8-12(16)17)6-7-18-10-5-3-2-4-9(10)13/h2-5H,6-8H2,1H3,(H,16,17). The molecule has 0 unspecified atom stereocenters. The zero-order valence-corrected chi connectivity index (χ0v) is 9.93. The number of aliphatic carboxylic acids is 1. The Labute approximate surface area is 104 Å². The molecular weight excluding hydrogens is 241 g/mol. The smallest absolute Gasteiger partial charge is 0.312 e. The summed E-state index contributed by atoms with van der Waals surface area (Å²) in [6, 6.07) is 5.94. The number of hydrogen-bond donors (Lipinski definition) is 1. The molecule has 98 valence electrons. The van der Waals surface area contributed by atoms with Crippen LogP contribution in [0.5, 0.6) is 5.75 Å². The second kappa shape index (κ2) is 6.58. The van der Waals surface area contributed by atoms with Gasteiger partial charge in [0.15, 0.2) is 11.6 Å². The van der Waals surface area contributed by atoms with Crippen LogP contribution in [0.15, 0.2) is 24.3 Å². The fraction of sp³-hybridized carbons (Fsp3) is 0.333. The summed E-state index contributed by atoms with van der Waals surface area (Å²) in [5.41, 5.74) is 0. The Morgan fingerprint density at radius 2 is 2.06 bits per heavy atom. The number of carboxylic acid groups (broad SMARTS) is 1. The van der Waals surface area contributed by atoms with Crippen molar-refractivity contribution < 1.29 is 23.8 Å². The van der Waals surface area contributed by atoms with Crippen molar-refractivity contribution in [3.05, 3.63) is 30.1 Å². The summed E-state index contributed by atoms with van der Waals surface area (Å²) >= 11 is 0. The summed E-state index contributed by atoms with van der Waals surface area (Å²) in [7, 11) is 1.47. The van der Waals surface area contributed by atoms with Gasteiger partial charge in [-0.2, -0.15) is 0 Å². The van der Waals surface area contributed by atoms with Gasteiger partial charge in [-0.1, -0.05) is 12.1 Å². The molecule has 0 aliphatic carbocycles. The minimum atomic E-state index is -1.18. The van der Waals surface area contributed by atoms with Crippen LogP contribution in [0.3, 0.4) is 0 Å². The molecule has 0 fully saturated rings. The van der Waals surface area contributed by atoms with Crippen molar-refractivity contribution in [3.8, 4) is 5.75 Å². The van der Waals surface area contributed by atoms with Gasteiger partial charge in [0.05, 0.1) is 6.54 Å². The monoisotopic (exact) mass is 255 g/mol. The second-order valence-electron chi connectivity index (χ2n) is 3.66. The maximum absolute atomic E-state index is 13.2. The van der Waals surface area contributed by atoms with E-state index in [2.05, 4.69) is 0 Å². The summed E-state index contributed by atoms with van der Waals surface area (Å²) in [5, 5.41) is 8.44. The third-order valence-corrected chi connectivity index (χ3v) is 2.25. The molecule has 0 aliphatic heterocycles. The van der Waals surface area contributed by atoms with E-state index in [0.29, 0.717) is 0 Å². The van der Waals surface area contributed by atoms with Gasteiger partial charge in [0.2, 0.25) is 5.91 Å². The van der Waals surface area contributed by atoms with Gasteiger partial charge in [0, 0.05) is 7.05 Å². The molecular formula is C12H14FNO4. The summed E-state index contributed by atoms with van der Waals surface area (Å²) in [6.45, 7) is 0.295. The van der Waals surface area contributed by atoms with Crippen molar-refractivity contribution in [2.75, 3.05) is 20.2 Å². The number of carbonyl (C=O) groups is 2. The van der Waals surface area contributed by atoms with Crippen molar-refractivity contribution in [1.82, 2.24) is 4.90 Å². The highest BCUT2D eigenvalue weighted by atomic mass is 19.1. The zero-order valence-electron chi connectivity index (χ0n) is 9.93. The zero-order chi connectivity index (χ0) is 13.5. The van der Waals surface area contributed by atoms with Crippen LogP contribution >= 0.6 is 0 Å². The molecule has 0 spiro atoms. The van der Waals surface area contributed by atoms with E-state index in [0.717, 1.165) is 0 Å². The highest BCUT2D eigenvalue weighted by molar-refractivity contribution is 5.93. The van der Waals surface area contributed by atoms with E-state index in [4.69, 9.17) is 9.84 Å². The Balaban J connectivity index is 2.36. The van der Waals surface area contributed by atoms with Crippen LogP contribution < -0.4 is 4.74 Å². The van der Waals surface area contributed by atoms with Crippen molar-refractivity contribution >= 4 is 11.9 Å². The van der Waals surface area contributed by atoms with E-state index in [1.54, 1.807) is 12.1 Å². The molecule has 1 aromatic carbocycles. The summed E-state index contributed by atoms with van der Waals surface area (Å²) in [5.74, 6) is -2.06. The number of rotatable bonds is 6. The molecule has 0 atom stereocenters. The first-order valence-electron chi connectivity index (χ1n) is 5.34. The van der Waals surface area contributed by atoms with Gasteiger partial charge in [0.25, 0.3) is 0 Å². The molecule has 1 amide bonds. The molecule has 0 saturated heterocycles. The number of amides is 1. The maximum Gasteiger partial charge on any atom is 0.312 e. The van der Waals surface area contributed by atoms with E-state index in [-0.39, 0.29) is 18.9 Å². The van der Waals surface area contributed by atoms with E-state index in [9.17, 15) is 14.0 Å². The number of ether oxygens (including phenoxy) is 1. The van der Waals surface area contributed by atoms with Gasteiger partial charge in [-0.15, -0.1) is 0 Å². The largest absolute Gasteiger partial charge is 0.489 e. The average Bonchev–Trinajstić information content (AvgIpc) is 2.30. The van der Waals surface area contributed by atoms with Gasteiger partial charge in [-0.3, -0.25) is 9.59 Å². The predicted molar refractivity (Wildman–Crippen MR) is 61.8 cm³/mol. The lowest BCUT2D eigenvalue weighted by atomic mass is 10.3. The van der Waals surface area contributed by atoms with Crippen LogP contribution in [0, 0.1) is 5.82 Å². The fourth-order valence-electron chi connectivity index (χ4n) is 1.24. The molecule has 0 bridgehead atoms. The Bertz CT molecular complexity index is 436. The summed E-state index contributed by atoms with van der Waals surface area (Å²) in [6.07, 6.45) is -0.559. The van der Waals surface area contributed by atoms with E-state index in [1.165, 1.54) is 24.1 Å². The Morgan fingerprint density at radius 1 is 1.39 bits per heavy atom. The average molecular weight is 255 g/mol. The second-order valence-corrected chi connectivity index (χ2v) is 3.66. The molecule has 5 nitrogen and oxygen atoms in total. The minimum Gasteiger partial charge on any atom is -0.489 e. The molecule has 0 aliphatic rings. The number of carbonyl (C=O) groups excluding carboxylic acids is 1. The number of para-hydroxylation sites is 1. The number of carboxylic acids is 1. The topological polar surface area (TPSA) is 66.8 Å². The molecule has 1 aromatic rings. The molecule has 0 aromatic heterocycles. The fourth-order valence-corrected chi connectivity index (χ4v) is 1.24. The first-order valence-corrected chi connectivity index (χ1v) is 5.34. The van der Waals surface area contributed by atoms with E-state index >= 15 is 0 Å². The summed E-state index contributed by atoms with van der Waals surface area (Å²) < 4.78 is 18.3. The molecule has 18 heavy (non-hydrogen) atoms. The van der Waals surface area contributed by atoms with Crippen LogP contribution in [0.4, 0.5) is 4.39 Å². The van der Waals surface area contributed by atoms with Gasteiger partial charge >= 0.3 is 5.97 Å². The lowest BCUT2D eigenvalue weighted by molar-refractivity contribution is -0.143. The number of likely N-dealkylation sites (N-methyl/N-ethyl adjacent to an activating group) is 1. The molecule has 1 rings (SSSR count). The highest BCUT2D eigenvalue weighted by Crippen LogP contribution is 2.14. The van der Waals surface area contributed by atoms with Gasteiger partial charge in [-0.25, -0.2) is 4.39 Å². The third-order valence-electron chi connectivity index (χ3n) is 2.25. The van der Waals surface area contributed by atoms with Crippen LogP contribution in [0.2, 0.25) is 0 Å². The Morgan fingerprint density at radius 3 is 2.67 bits per heavy atom. The maximum atomic E-state index is 13.2. The van der Waals surface area contributed by atoms with Gasteiger partial charge in [-0.05, 0) is 12.1 Å². The first-order chi connectivity index (χ1) is 8.50. The number of hydrogen-bond acceptors (Lipinski definition) is 3. The first kappa shape index (κ1) is 14.0. The number of halogens is 1. The van der Waals surface area contributed by atoms with Gasteiger partial charge in [0.1, 0.15) is 13.0 Å². The van der Waals surface area contributed by atoms with Crippen LogP contribution in [-0.2, 0) is 9.59 Å². The predicted octanol–water partition coefficient (Wildman–Crippen LogP) is 1.14. The van der Waals surface area contributed by atoms with E-state index < -0.39 is 24.1 Å². The lowest BCUT2D eigenvalue weighted by Crippen LogP contribution is -2.32. The van der Waals surface area contributed by atoms with Crippen molar-refractivity contribution in [1.29, 1.82) is 0 Å².